The molecule has 0 aliphatic rings. The van der Waals surface area contributed by atoms with Crippen molar-refractivity contribution in [2.24, 2.45) is 0 Å². The number of amides is 2. The molecule has 0 saturated heterocycles. The number of hydrogen-bond donors (Lipinski definition) is 2. The molecule has 130 valence electrons. The van der Waals surface area contributed by atoms with Gasteiger partial charge in [-0.15, -0.1) is 0 Å². The number of aromatic nitrogens is 1. The molecular weight excluding hydrogens is 310 g/mol. The van der Waals surface area contributed by atoms with Crippen molar-refractivity contribution in [3.05, 3.63) is 36.1 Å². The molecule has 2 N–H and O–H groups in total. The van der Waals surface area contributed by atoms with Gasteiger partial charge in [-0.1, -0.05) is 25.9 Å². The number of nitrogens with one attached hydrogen (secondary N) is 2. The zero-order valence-electron chi connectivity index (χ0n) is 14.4. The van der Waals surface area contributed by atoms with Crippen LogP contribution in [-0.2, 0) is 5.41 Å². The number of hydrogen-bond acceptors (Lipinski definition) is 5. The minimum absolute atomic E-state index is 0.157. The lowest BCUT2D eigenvalue weighted by Crippen LogP contribution is -2.32. The number of carbonyl (C=O) groups excluding carboxylic acids is 1. The Bertz CT molecular complexity index is 659. The summed E-state index contributed by atoms with van der Waals surface area (Å²) in [5, 5.41) is 9.14. The van der Waals surface area contributed by atoms with Crippen molar-refractivity contribution in [3.8, 4) is 11.5 Å². The fourth-order valence-electron chi connectivity index (χ4n) is 1.85. The second-order valence-corrected chi connectivity index (χ2v) is 6.23. The highest BCUT2D eigenvalue weighted by Gasteiger charge is 2.20. The van der Waals surface area contributed by atoms with Crippen molar-refractivity contribution in [2.45, 2.75) is 26.2 Å². The van der Waals surface area contributed by atoms with E-state index >= 15 is 0 Å². The van der Waals surface area contributed by atoms with Gasteiger partial charge in [0.1, 0.15) is 23.9 Å². The van der Waals surface area contributed by atoms with Gasteiger partial charge in [0.15, 0.2) is 5.82 Å². The van der Waals surface area contributed by atoms with Crippen LogP contribution in [0.4, 0.5) is 10.6 Å². The Hall–Kier alpha value is -2.70. The predicted molar refractivity (Wildman–Crippen MR) is 90.7 cm³/mol. The van der Waals surface area contributed by atoms with Gasteiger partial charge in [-0.3, -0.25) is 5.32 Å². The predicted octanol–water partition coefficient (Wildman–Crippen LogP) is 3.18. The first kappa shape index (κ1) is 17.7. The Balaban J connectivity index is 1.70. The highest BCUT2D eigenvalue weighted by Crippen LogP contribution is 2.24. The van der Waals surface area contributed by atoms with Crippen LogP contribution < -0.4 is 20.1 Å². The van der Waals surface area contributed by atoms with Gasteiger partial charge in [0.05, 0.1) is 13.7 Å². The molecule has 0 radical (unpaired) electrons. The van der Waals surface area contributed by atoms with E-state index in [4.69, 9.17) is 14.0 Å². The van der Waals surface area contributed by atoms with Crippen molar-refractivity contribution in [3.63, 3.8) is 0 Å². The summed E-state index contributed by atoms with van der Waals surface area (Å²) in [6.45, 7) is 6.74. The van der Waals surface area contributed by atoms with Crippen LogP contribution in [0.15, 0.2) is 34.9 Å². The van der Waals surface area contributed by atoms with E-state index in [1.165, 1.54) is 0 Å². The molecule has 0 atom stereocenters. The molecule has 0 aliphatic heterocycles. The summed E-state index contributed by atoms with van der Waals surface area (Å²) in [6.07, 6.45) is 0. The maximum Gasteiger partial charge on any atom is 0.320 e. The Morgan fingerprint density at radius 3 is 2.46 bits per heavy atom. The largest absolute Gasteiger partial charge is 0.497 e. The van der Waals surface area contributed by atoms with Crippen molar-refractivity contribution < 1.29 is 18.8 Å². The minimum Gasteiger partial charge on any atom is -0.497 e. The molecule has 7 heteroatoms. The van der Waals surface area contributed by atoms with E-state index in [0.717, 1.165) is 5.75 Å². The average Bonchev–Trinajstić information content (AvgIpc) is 3.01. The van der Waals surface area contributed by atoms with Gasteiger partial charge in [0.25, 0.3) is 0 Å². The van der Waals surface area contributed by atoms with Gasteiger partial charge in [0.2, 0.25) is 0 Å². The first-order valence-electron chi connectivity index (χ1n) is 7.67. The molecule has 0 saturated carbocycles. The molecule has 1 aromatic heterocycles. The summed E-state index contributed by atoms with van der Waals surface area (Å²) in [7, 11) is 1.61. The quantitative estimate of drug-likeness (QED) is 0.793. The Morgan fingerprint density at radius 2 is 1.88 bits per heavy atom. The number of rotatable bonds is 6. The van der Waals surface area contributed by atoms with E-state index in [0.29, 0.717) is 30.5 Å². The Kier molecular flexibility index (Phi) is 5.68. The summed E-state index contributed by atoms with van der Waals surface area (Å²) >= 11 is 0. The SMILES string of the molecule is COc1ccc(OCCNC(=O)Nc2cc(C(C)(C)C)on2)cc1. The molecule has 0 fully saturated rings. The van der Waals surface area contributed by atoms with Crippen LogP contribution in [0, 0.1) is 0 Å². The zero-order chi connectivity index (χ0) is 17.6. The molecule has 1 aromatic carbocycles. The molecule has 0 unspecified atom stereocenters. The van der Waals surface area contributed by atoms with Crippen LogP contribution in [0.25, 0.3) is 0 Å². The summed E-state index contributed by atoms with van der Waals surface area (Å²) in [5.74, 6) is 2.57. The zero-order valence-corrected chi connectivity index (χ0v) is 14.4. The number of nitrogens with zero attached hydrogens (tertiary/aromatic N) is 1. The third-order valence-electron chi connectivity index (χ3n) is 3.21. The number of ether oxygens (including phenoxy) is 2. The third-order valence-corrected chi connectivity index (χ3v) is 3.21. The number of carbonyl (C=O) groups is 1. The lowest BCUT2D eigenvalue weighted by Gasteiger charge is -2.12. The molecule has 1 heterocycles. The van der Waals surface area contributed by atoms with Gasteiger partial charge in [-0.05, 0) is 24.3 Å². The van der Waals surface area contributed by atoms with Crippen LogP contribution in [0.3, 0.4) is 0 Å². The normalized spacial score (nSPS) is 11.0. The van der Waals surface area contributed by atoms with Crippen molar-refractivity contribution in [2.75, 3.05) is 25.6 Å². The lowest BCUT2D eigenvalue weighted by atomic mass is 9.93. The van der Waals surface area contributed by atoms with Crippen LogP contribution >= 0.6 is 0 Å². The smallest absolute Gasteiger partial charge is 0.320 e. The number of urea groups is 1. The van der Waals surface area contributed by atoms with E-state index in [1.54, 1.807) is 13.2 Å². The van der Waals surface area contributed by atoms with Gasteiger partial charge in [0, 0.05) is 11.5 Å². The number of methoxy groups -OCH3 is 1. The van der Waals surface area contributed by atoms with E-state index in [-0.39, 0.29) is 11.4 Å². The van der Waals surface area contributed by atoms with Gasteiger partial charge >= 0.3 is 6.03 Å². The van der Waals surface area contributed by atoms with E-state index < -0.39 is 0 Å². The highest BCUT2D eigenvalue weighted by molar-refractivity contribution is 5.88. The Morgan fingerprint density at radius 1 is 1.21 bits per heavy atom. The molecule has 0 bridgehead atoms. The summed E-state index contributed by atoms with van der Waals surface area (Å²) in [5.41, 5.74) is -0.157. The second kappa shape index (κ2) is 7.72. The van der Waals surface area contributed by atoms with Crippen molar-refractivity contribution >= 4 is 11.8 Å². The molecule has 2 amide bonds. The van der Waals surface area contributed by atoms with Gasteiger partial charge in [-0.2, -0.15) is 0 Å². The molecule has 0 aliphatic carbocycles. The van der Waals surface area contributed by atoms with Gasteiger partial charge < -0.3 is 19.3 Å². The maximum absolute atomic E-state index is 11.8. The standard InChI is InChI=1S/C17H23N3O4/c1-17(2,3)14-11-15(20-24-14)19-16(21)18-9-10-23-13-7-5-12(22-4)6-8-13/h5-8,11H,9-10H2,1-4H3,(H2,18,19,20,21). The summed E-state index contributed by atoms with van der Waals surface area (Å²) in [4.78, 5) is 11.8. The van der Waals surface area contributed by atoms with Gasteiger partial charge in [-0.25, -0.2) is 4.79 Å². The lowest BCUT2D eigenvalue weighted by molar-refractivity contribution is 0.247. The molecular formula is C17H23N3O4. The van der Waals surface area contributed by atoms with Crippen LogP contribution in [0.2, 0.25) is 0 Å². The monoisotopic (exact) mass is 333 g/mol. The van der Waals surface area contributed by atoms with Crippen molar-refractivity contribution in [1.82, 2.24) is 10.5 Å². The topological polar surface area (TPSA) is 85.6 Å². The van der Waals surface area contributed by atoms with E-state index in [2.05, 4.69) is 15.8 Å². The van der Waals surface area contributed by atoms with E-state index in [1.807, 2.05) is 45.0 Å². The fourth-order valence-corrected chi connectivity index (χ4v) is 1.85. The molecule has 7 nitrogen and oxygen atoms in total. The minimum atomic E-state index is -0.359. The van der Waals surface area contributed by atoms with Crippen molar-refractivity contribution in [1.29, 1.82) is 0 Å². The molecule has 0 spiro atoms. The van der Waals surface area contributed by atoms with E-state index in [9.17, 15) is 4.79 Å². The van der Waals surface area contributed by atoms with Crippen LogP contribution in [0.1, 0.15) is 26.5 Å². The molecule has 2 aromatic rings. The van der Waals surface area contributed by atoms with Crippen LogP contribution in [-0.4, -0.2) is 31.4 Å². The number of benzene rings is 1. The summed E-state index contributed by atoms with van der Waals surface area (Å²) < 4.78 is 15.8. The molecule has 2 rings (SSSR count). The maximum atomic E-state index is 11.8. The summed E-state index contributed by atoms with van der Waals surface area (Å²) in [6, 6.07) is 8.60. The average molecular weight is 333 g/mol. The first-order valence-corrected chi connectivity index (χ1v) is 7.67. The Labute approximate surface area is 141 Å². The first-order chi connectivity index (χ1) is 11.4. The van der Waals surface area contributed by atoms with Crippen LogP contribution in [0.5, 0.6) is 11.5 Å². The number of anilines is 1. The molecule has 24 heavy (non-hydrogen) atoms. The highest BCUT2D eigenvalue weighted by atomic mass is 16.5. The third kappa shape index (κ3) is 5.19. The second-order valence-electron chi connectivity index (χ2n) is 6.23. The fraction of sp³-hybridized carbons (Fsp3) is 0.412.